The number of aromatic nitrogens is 2. The SMILES string of the molecule is N#CC1C=CC(/C=C2\CCn3c2nc2cc(C(=O)O)ccc2c3=O)=CC1. The zero-order chi connectivity index (χ0) is 18.3. The molecule has 6 nitrogen and oxygen atoms in total. The Bertz CT molecular complexity index is 1130. The van der Waals surface area contributed by atoms with E-state index in [1.807, 2.05) is 24.3 Å². The summed E-state index contributed by atoms with van der Waals surface area (Å²) in [5, 5.41) is 18.5. The van der Waals surface area contributed by atoms with Crippen molar-refractivity contribution in [3.63, 3.8) is 0 Å². The first-order valence-electron chi connectivity index (χ1n) is 8.33. The van der Waals surface area contributed by atoms with Crippen LogP contribution in [0.3, 0.4) is 0 Å². The van der Waals surface area contributed by atoms with Crippen LogP contribution in [0.5, 0.6) is 0 Å². The van der Waals surface area contributed by atoms with E-state index in [0.717, 1.165) is 11.1 Å². The van der Waals surface area contributed by atoms with Crippen LogP contribution in [0.2, 0.25) is 0 Å². The fourth-order valence-electron chi connectivity index (χ4n) is 3.33. The van der Waals surface area contributed by atoms with Gasteiger partial charge >= 0.3 is 5.97 Å². The van der Waals surface area contributed by atoms with Gasteiger partial charge in [-0.25, -0.2) is 9.78 Å². The highest BCUT2D eigenvalue weighted by atomic mass is 16.4. The van der Waals surface area contributed by atoms with Crippen molar-refractivity contribution < 1.29 is 9.90 Å². The highest BCUT2D eigenvalue weighted by molar-refractivity contribution is 5.93. The molecule has 0 amide bonds. The highest BCUT2D eigenvalue weighted by Gasteiger charge is 2.21. The number of carboxylic acid groups (broad SMARTS) is 1. The molecule has 26 heavy (non-hydrogen) atoms. The fourth-order valence-corrected chi connectivity index (χ4v) is 3.33. The molecule has 2 heterocycles. The Morgan fingerprint density at radius 3 is 2.96 bits per heavy atom. The predicted molar refractivity (Wildman–Crippen MR) is 96.5 cm³/mol. The molecule has 0 fully saturated rings. The molecule has 1 aromatic carbocycles. The van der Waals surface area contributed by atoms with Gasteiger partial charge < -0.3 is 5.11 Å². The van der Waals surface area contributed by atoms with Crippen LogP contribution in [0.25, 0.3) is 16.5 Å². The standard InChI is InChI=1S/C20H15N3O3/c21-11-13-3-1-12(2-4-13)9-14-7-8-23-18(14)22-17-10-15(20(25)26)5-6-16(17)19(23)24/h1-3,5-6,9-10,13H,4,7-8H2,(H,25,26)/b14-9+. The molecular weight excluding hydrogens is 330 g/mol. The third-order valence-corrected chi connectivity index (χ3v) is 4.73. The summed E-state index contributed by atoms with van der Waals surface area (Å²) in [5.41, 5.74) is 2.29. The van der Waals surface area contributed by atoms with E-state index in [1.54, 1.807) is 4.57 Å². The number of aromatic carboxylic acids is 1. The predicted octanol–water partition coefficient (Wildman–Crippen LogP) is 2.91. The minimum absolute atomic E-state index is 0.0906. The summed E-state index contributed by atoms with van der Waals surface area (Å²) in [6.45, 7) is 0.557. The van der Waals surface area contributed by atoms with Gasteiger partial charge in [-0.3, -0.25) is 9.36 Å². The summed E-state index contributed by atoms with van der Waals surface area (Å²) in [6.07, 6.45) is 9.15. The van der Waals surface area contributed by atoms with Gasteiger partial charge in [0.25, 0.3) is 5.56 Å². The van der Waals surface area contributed by atoms with Crippen molar-refractivity contribution >= 4 is 22.4 Å². The van der Waals surface area contributed by atoms with Gasteiger partial charge in [-0.05, 0) is 48.3 Å². The van der Waals surface area contributed by atoms with E-state index in [4.69, 9.17) is 10.4 Å². The molecule has 0 saturated heterocycles. The van der Waals surface area contributed by atoms with Crippen LogP contribution < -0.4 is 5.56 Å². The van der Waals surface area contributed by atoms with Gasteiger partial charge in [-0.15, -0.1) is 0 Å². The van der Waals surface area contributed by atoms with Crippen LogP contribution >= 0.6 is 0 Å². The largest absolute Gasteiger partial charge is 0.478 e. The maximum absolute atomic E-state index is 12.7. The van der Waals surface area contributed by atoms with E-state index in [1.165, 1.54) is 18.2 Å². The molecule has 1 N–H and O–H groups in total. The van der Waals surface area contributed by atoms with E-state index in [0.29, 0.717) is 36.1 Å². The van der Waals surface area contributed by atoms with Crippen LogP contribution in [0, 0.1) is 17.2 Å². The normalized spacial score (nSPS) is 20.0. The number of nitrogens with zero attached hydrogens (tertiary/aromatic N) is 3. The number of benzene rings is 1. The summed E-state index contributed by atoms with van der Waals surface area (Å²) in [6, 6.07) is 6.61. The summed E-state index contributed by atoms with van der Waals surface area (Å²) in [5.74, 6) is -0.552. The second-order valence-electron chi connectivity index (χ2n) is 6.38. The lowest BCUT2D eigenvalue weighted by molar-refractivity contribution is 0.0697. The van der Waals surface area contributed by atoms with Gasteiger partial charge in [0, 0.05) is 6.54 Å². The number of carboxylic acids is 1. The van der Waals surface area contributed by atoms with E-state index in [-0.39, 0.29) is 17.0 Å². The lowest BCUT2D eigenvalue weighted by Crippen LogP contribution is -2.21. The minimum atomic E-state index is -1.05. The second-order valence-corrected chi connectivity index (χ2v) is 6.38. The van der Waals surface area contributed by atoms with Crippen LogP contribution in [0.1, 0.15) is 29.0 Å². The maximum atomic E-state index is 12.7. The Labute approximate surface area is 149 Å². The average Bonchev–Trinajstić information content (AvgIpc) is 3.05. The molecular formula is C20H15N3O3. The van der Waals surface area contributed by atoms with Gasteiger partial charge in [-0.1, -0.05) is 18.2 Å². The molecule has 6 heteroatoms. The molecule has 2 aromatic rings. The Morgan fingerprint density at radius 2 is 2.27 bits per heavy atom. The lowest BCUT2D eigenvalue weighted by Gasteiger charge is -2.09. The molecule has 1 aliphatic carbocycles. The average molecular weight is 345 g/mol. The van der Waals surface area contributed by atoms with Gasteiger partial charge in [0.2, 0.25) is 0 Å². The van der Waals surface area contributed by atoms with Crippen molar-refractivity contribution in [1.29, 1.82) is 5.26 Å². The number of hydrogen-bond donors (Lipinski definition) is 1. The van der Waals surface area contributed by atoms with Gasteiger partial charge in [0.15, 0.2) is 0 Å². The number of fused-ring (bicyclic) bond motifs is 2. The Kier molecular flexibility index (Phi) is 3.77. The Hall–Kier alpha value is -3.46. The van der Waals surface area contributed by atoms with Crippen molar-refractivity contribution in [2.75, 3.05) is 0 Å². The molecule has 1 aromatic heterocycles. The minimum Gasteiger partial charge on any atom is -0.478 e. The number of allylic oxidation sites excluding steroid dienone is 6. The van der Waals surface area contributed by atoms with Crippen LogP contribution in [0.4, 0.5) is 0 Å². The first kappa shape index (κ1) is 16.0. The zero-order valence-electron chi connectivity index (χ0n) is 13.8. The van der Waals surface area contributed by atoms with Crippen molar-refractivity contribution in [1.82, 2.24) is 9.55 Å². The summed E-state index contributed by atoms with van der Waals surface area (Å²) in [7, 11) is 0. The quantitative estimate of drug-likeness (QED) is 0.903. The molecule has 1 unspecified atom stereocenters. The molecule has 0 bridgehead atoms. The molecule has 1 aliphatic heterocycles. The van der Waals surface area contributed by atoms with E-state index >= 15 is 0 Å². The summed E-state index contributed by atoms with van der Waals surface area (Å²) >= 11 is 0. The molecule has 4 rings (SSSR count). The van der Waals surface area contributed by atoms with Crippen LogP contribution in [-0.4, -0.2) is 20.6 Å². The summed E-state index contributed by atoms with van der Waals surface area (Å²) in [4.78, 5) is 28.5. The van der Waals surface area contributed by atoms with Crippen LogP contribution in [-0.2, 0) is 6.54 Å². The smallest absolute Gasteiger partial charge is 0.335 e. The zero-order valence-corrected chi connectivity index (χ0v) is 13.8. The first-order valence-corrected chi connectivity index (χ1v) is 8.33. The van der Waals surface area contributed by atoms with E-state index in [9.17, 15) is 9.59 Å². The fraction of sp³-hybridized carbons (Fsp3) is 0.200. The Morgan fingerprint density at radius 1 is 1.42 bits per heavy atom. The molecule has 128 valence electrons. The lowest BCUT2D eigenvalue weighted by atomic mass is 9.96. The first-order chi connectivity index (χ1) is 12.6. The number of rotatable bonds is 2. The van der Waals surface area contributed by atoms with Gasteiger partial charge in [0.05, 0.1) is 28.5 Å². The number of hydrogen-bond acceptors (Lipinski definition) is 4. The molecule has 2 aliphatic rings. The molecule has 0 radical (unpaired) electrons. The van der Waals surface area contributed by atoms with Crippen molar-refractivity contribution in [2.24, 2.45) is 5.92 Å². The topological polar surface area (TPSA) is 96.0 Å². The number of carbonyl (C=O) groups is 1. The van der Waals surface area contributed by atoms with Gasteiger partial charge in [0.1, 0.15) is 5.82 Å². The van der Waals surface area contributed by atoms with E-state index in [2.05, 4.69) is 11.1 Å². The maximum Gasteiger partial charge on any atom is 0.335 e. The van der Waals surface area contributed by atoms with Crippen molar-refractivity contribution in [3.05, 3.63) is 69.8 Å². The molecule has 0 saturated carbocycles. The third-order valence-electron chi connectivity index (χ3n) is 4.73. The van der Waals surface area contributed by atoms with Crippen LogP contribution in [0.15, 0.2) is 52.9 Å². The molecule has 1 atom stereocenters. The van der Waals surface area contributed by atoms with E-state index < -0.39 is 5.97 Å². The summed E-state index contributed by atoms with van der Waals surface area (Å²) < 4.78 is 1.64. The molecule has 0 spiro atoms. The second kappa shape index (κ2) is 6.12. The monoisotopic (exact) mass is 345 g/mol. The highest BCUT2D eigenvalue weighted by Crippen LogP contribution is 2.28. The third kappa shape index (κ3) is 2.64. The van der Waals surface area contributed by atoms with Crippen molar-refractivity contribution in [3.8, 4) is 6.07 Å². The number of nitriles is 1. The van der Waals surface area contributed by atoms with Gasteiger partial charge in [-0.2, -0.15) is 5.26 Å². The Balaban J connectivity index is 1.80. The van der Waals surface area contributed by atoms with Crippen molar-refractivity contribution in [2.45, 2.75) is 19.4 Å².